The molecule has 3 heterocycles. The van der Waals surface area contributed by atoms with Crippen LogP contribution in [0.3, 0.4) is 0 Å². The number of methoxy groups -OCH3 is 2. The van der Waals surface area contributed by atoms with Crippen molar-refractivity contribution in [3.05, 3.63) is 71.8 Å². The fourth-order valence-electron chi connectivity index (χ4n) is 3.28. The lowest BCUT2D eigenvalue weighted by Gasteiger charge is -2.09. The van der Waals surface area contributed by atoms with Gasteiger partial charge in [0.2, 0.25) is 5.91 Å². The number of furan rings is 1. The molecule has 0 radical (unpaired) electrons. The van der Waals surface area contributed by atoms with Gasteiger partial charge in [-0.15, -0.1) is 0 Å². The Morgan fingerprint density at radius 2 is 1.88 bits per heavy atom. The molecule has 9 nitrogen and oxygen atoms in total. The number of aromatic nitrogens is 4. The van der Waals surface area contributed by atoms with Gasteiger partial charge in [-0.1, -0.05) is 6.07 Å². The van der Waals surface area contributed by atoms with Gasteiger partial charge in [0.05, 0.1) is 26.2 Å². The summed E-state index contributed by atoms with van der Waals surface area (Å²) in [5.41, 5.74) is 2.54. The average Bonchev–Trinajstić information content (AvgIpc) is 3.46. The van der Waals surface area contributed by atoms with Crippen LogP contribution in [0.5, 0.6) is 11.5 Å². The Bertz CT molecular complexity index is 1310. The number of hydrogen-bond donors (Lipinski definition) is 1. The van der Waals surface area contributed by atoms with Gasteiger partial charge in [-0.05, 0) is 55.8 Å². The molecule has 0 fully saturated rings. The molecule has 33 heavy (non-hydrogen) atoms. The highest BCUT2D eigenvalue weighted by molar-refractivity contribution is 6.01. The van der Waals surface area contributed by atoms with E-state index in [9.17, 15) is 4.79 Å². The number of carbonyl (C=O) groups excluding carboxylic acids is 1. The van der Waals surface area contributed by atoms with Crippen molar-refractivity contribution in [3.63, 3.8) is 0 Å². The van der Waals surface area contributed by atoms with E-state index in [1.165, 1.54) is 6.08 Å². The Morgan fingerprint density at radius 3 is 2.55 bits per heavy atom. The molecule has 3 aromatic heterocycles. The smallest absolute Gasteiger partial charge is 0.249 e. The maximum atomic E-state index is 12.6. The highest BCUT2D eigenvalue weighted by atomic mass is 16.5. The summed E-state index contributed by atoms with van der Waals surface area (Å²) in [4.78, 5) is 21.6. The van der Waals surface area contributed by atoms with Crippen molar-refractivity contribution >= 4 is 17.8 Å². The molecule has 0 bridgehead atoms. The van der Waals surface area contributed by atoms with Crippen LogP contribution in [0.25, 0.3) is 23.5 Å². The highest BCUT2D eigenvalue weighted by Gasteiger charge is 2.14. The first-order valence-corrected chi connectivity index (χ1v) is 10.1. The molecule has 1 N–H and O–H groups in total. The van der Waals surface area contributed by atoms with Gasteiger partial charge in [0.25, 0.3) is 0 Å². The third-order valence-corrected chi connectivity index (χ3v) is 4.77. The second-order valence-corrected chi connectivity index (χ2v) is 7.19. The number of carbonyl (C=O) groups is 1. The fourth-order valence-corrected chi connectivity index (χ4v) is 3.28. The van der Waals surface area contributed by atoms with Crippen molar-refractivity contribution in [2.24, 2.45) is 0 Å². The lowest BCUT2D eigenvalue weighted by molar-refractivity contribution is -0.111. The maximum absolute atomic E-state index is 12.6. The molecule has 9 heteroatoms. The van der Waals surface area contributed by atoms with E-state index in [2.05, 4.69) is 20.4 Å². The van der Waals surface area contributed by atoms with E-state index in [0.717, 1.165) is 17.0 Å². The zero-order valence-corrected chi connectivity index (χ0v) is 18.7. The Hall–Kier alpha value is -4.40. The van der Waals surface area contributed by atoms with E-state index in [0.29, 0.717) is 34.7 Å². The number of aryl methyl sites for hydroxylation is 2. The van der Waals surface area contributed by atoms with Crippen molar-refractivity contribution in [2.45, 2.75) is 13.8 Å². The fraction of sp³-hybridized carbons (Fsp3) is 0.167. The van der Waals surface area contributed by atoms with Gasteiger partial charge in [0.1, 0.15) is 5.82 Å². The summed E-state index contributed by atoms with van der Waals surface area (Å²) >= 11 is 0. The molecule has 0 spiro atoms. The summed E-state index contributed by atoms with van der Waals surface area (Å²) in [6.07, 6.45) is 4.63. The number of nitrogens with one attached hydrogen (secondary N) is 1. The van der Waals surface area contributed by atoms with Gasteiger partial charge < -0.3 is 19.2 Å². The first-order valence-electron chi connectivity index (χ1n) is 10.1. The lowest BCUT2D eigenvalue weighted by atomic mass is 10.2. The maximum Gasteiger partial charge on any atom is 0.249 e. The lowest BCUT2D eigenvalue weighted by Crippen LogP contribution is -2.12. The number of nitrogens with zero attached hydrogens (tertiary/aromatic N) is 4. The van der Waals surface area contributed by atoms with Crippen LogP contribution >= 0.6 is 0 Å². The Balaban J connectivity index is 1.61. The molecular formula is C24H23N5O4. The number of benzene rings is 1. The molecule has 1 aromatic carbocycles. The number of rotatable bonds is 7. The first-order chi connectivity index (χ1) is 16.0. The third kappa shape index (κ3) is 4.93. The summed E-state index contributed by atoms with van der Waals surface area (Å²) < 4.78 is 17.7. The van der Waals surface area contributed by atoms with Crippen molar-refractivity contribution < 1.29 is 18.7 Å². The van der Waals surface area contributed by atoms with E-state index in [4.69, 9.17) is 13.9 Å². The summed E-state index contributed by atoms with van der Waals surface area (Å²) in [6.45, 7) is 3.83. The summed E-state index contributed by atoms with van der Waals surface area (Å²) in [5, 5.41) is 7.26. The van der Waals surface area contributed by atoms with E-state index in [-0.39, 0.29) is 5.91 Å². The topological polar surface area (TPSA) is 104 Å². The Morgan fingerprint density at radius 1 is 1.06 bits per heavy atom. The van der Waals surface area contributed by atoms with E-state index in [1.54, 1.807) is 61.6 Å². The van der Waals surface area contributed by atoms with Gasteiger partial charge in [-0.2, -0.15) is 5.10 Å². The molecule has 4 aromatic rings. The predicted octanol–water partition coefficient (Wildman–Crippen LogP) is 4.21. The van der Waals surface area contributed by atoms with Gasteiger partial charge in [0.15, 0.2) is 28.9 Å². The standard InChI is InChI=1S/C24H23N5O4/c1-15-12-16(2)29(28-15)22-14-21(26-24(27-22)19-6-5-11-33-19)25-23(30)10-8-17-7-9-18(31-3)20(13-17)32-4/h5-14H,1-4H3,(H,25,26,27,30). The minimum Gasteiger partial charge on any atom is -0.493 e. The second kappa shape index (κ2) is 9.39. The van der Waals surface area contributed by atoms with Crippen LogP contribution in [0.2, 0.25) is 0 Å². The molecule has 1 amide bonds. The second-order valence-electron chi connectivity index (χ2n) is 7.19. The van der Waals surface area contributed by atoms with Crippen LogP contribution in [0, 0.1) is 13.8 Å². The molecule has 0 unspecified atom stereocenters. The van der Waals surface area contributed by atoms with Gasteiger partial charge in [-0.3, -0.25) is 4.79 Å². The Kier molecular flexibility index (Phi) is 6.21. The molecule has 168 valence electrons. The zero-order chi connectivity index (χ0) is 23.4. The van der Waals surface area contributed by atoms with Crippen LogP contribution in [-0.2, 0) is 4.79 Å². The number of hydrogen-bond acceptors (Lipinski definition) is 7. The minimum atomic E-state index is -0.354. The molecular weight excluding hydrogens is 422 g/mol. The molecule has 0 aliphatic heterocycles. The van der Waals surface area contributed by atoms with E-state index < -0.39 is 0 Å². The normalized spacial score (nSPS) is 11.0. The van der Waals surface area contributed by atoms with Crippen molar-refractivity contribution in [1.29, 1.82) is 0 Å². The summed E-state index contributed by atoms with van der Waals surface area (Å²) in [6, 6.07) is 12.5. The molecule has 0 aliphatic carbocycles. The van der Waals surface area contributed by atoms with Crippen molar-refractivity contribution in [3.8, 4) is 28.9 Å². The van der Waals surface area contributed by atoms with Crippen LogP contribution in [0.1, 0.15) is 17.0 Å². The molecule has 0 saturated carbocycles. The van der Waals surface area contributed by atoms with E-state index >= 15 is 0 Å². The van der Waals surface area contributed by atoms with Gasteiger partial charge >= 0.3 is 0 Å². The largest absolute Gasteiger partial charge is 0.493 e. The van der Waals surface area contributed by atoms with Crippen LogP contribution < -0.4 is 14.8 Å². The monoisotopic (exact) mass is 445 g/mol. The van der Waals surface area contributed by atoms with Gasteiger partial charge in [-0.25, -0.2) is 14.6 Å². The quantitative estimate of drug-likeness (QED) is 0.425. The summed E-state index contributed by atoms with van der Waals surface area (Å²) in [5.74, 6) is 2.49. The average molecular weight is 445 g/mol. The highest BCUT2D eigenvalue weighted by Crippen LogP contribution is 2.28. The molecule has 0 saturated heterocycles. The zero-order valence-electron chi connectivity index (χ0n) is 18.7. The van der Waals surface area contributed by atoms with Crippen LogP contribution in [0.4, 0.5) is 5.82 Å². The number of amides is 1. The number of anilines is 1. The van der Waals surface area contributed by atoms with Crippen molar-refractivity contribution in [1.82, 2.24) is 19.7 Å². The first kappa shape index (κ1) is 21.8. The SMILES string of the molecule is COc1ccc(C=CC(=O)Nc2cc(-n3nc(C)cc3C)nc(-c3ccco3)n2)cc1OC. The van der Waals surface area contributed by atoms with E-state index in [1.807, 2.05) is 26.0 Å². The van der Waals surface area contributed by atoms with Crippen LogP contribution in [0.15, 0.2) is 59.2 Å². The van der Waals surface area contributed by atoms with Gasteiger partial charge in [0, 0.05) is 17.8 Å². The molecule has 4 rings (SSSR count). The predicted molar refractivity (Wildman–Crippen MR) is 124 cm³/mol. The minimum absolute atomic E-state index is 0.320. The number of ether oxygens (including phenoxy) is 2. The summed E-state index contributed by atoms with van der Waals surface area (Å²) in [7, 11) is 3.13. The Labute approximate surface area is 190 Å². The molecule has 0 aliphatic rings. The van der Waals surface area contributed by atoms with Crippen molar-refractivity contribution in [2.75, 3.05) is 19.5 Å². The molecule has 0 atom stereocenters. The third-order valence-electron chi connectivity index (χ3n) is 4.77. The van der Waals surface area contributed by atoms with Crippen LogP contribution in [-0.4, -0.2) is 39.9 Å².